The topological polar surface area (TPSA) is 58.6 Å². The van der Waals surface area contributed by atoms with Crippen LogP contribution in [0.4, 0.5) is 4.79 Å². The highest BCUT2D eigenvalue weighted by Gasteiger charge is 2.50. The van der Waals surface area contributed by atoms with Gasteiger partial charge in [0.15, 0.2) is 0 Å². The average Bonchev–Trinajstić information content (AvgIpc) is 2.59. The minimum Gasteiger partial charge on any atom is -0.466 e. The fourth-order valence-corrected chi connectivity index (χ4v) is 6.46. The standard InChI is InChI=1S/C20H32N2O3/c1-2-25-18(23)17-3-5-22(6-4-17)19(24)21-13-20-10-14-7-15(11-20)9-16(8-14)12-20/h14-17H,2-13H2,1H3,(H,21,24). The first-order valence-corrected chi connectivity index (χ1v) is 10.3. The van der Waals surface area contributed by atoms with Crippen molar-refractivity contribution in [2.24, 2.45) is 29.1 Å². The number of hydrogen-bond donors (Lipinski definition) is 1. The van der Waals surface area contributed by atoms with Crippen molar-refractivity contribution in [2.45, 2.75) is 58.3 Å². The number of hydrogen-bond acceptors (Lipinski definition) is 3. The van der Waals surface area contributed by atoms with Crippen LogP contribution in [0.2, 0.25) is 0 Å². The molecule has 1 saturated heterocycles. The molecule has 2 amide bonds. The van der Waals surface area contributed by atoms with Crippen molar-refractivity contribution in [2.75, 3.05) is 26.2 Å². The molecule has 1 N–H and O–H groups in total. The molecule has 1 aliphatic heterocycles. The van der Waals surface area contributed by atoms with Crippen molar-refractivity contribution < 1.29 is 14.3 Å². The molecule has 5 rings (SSSR count). The Bertz CT molecular complexity index is 490. The Balaban J connectivity index is 1.25. The van der Waals surface area contributed by atoms with Gasteiger partial charge in [-0.05, 0) is 81.5 Å². The van der Waals surface area contributed by atoms with Crippen molar-refractivity contribution in [3.05, 3.63) is 0 Å². The van der Waals surface area contributed by atoms with Crippen molar-refractivity contribution >= 4 is 12.0 Å². The Labute approximate surface area is 150 Å². The minimum atomic E-state index is -0.101. The molecule has 0 aromatic rings. The summed E-state index contributed by atoms with van der Waals surface area (Å²) in [7, 11) is 0. The smallest absolute Gasteiger partial charge is 0.317 e. The van der Waals surface area contributed by atoms with Crippen LogP contribution in [0.5, 0.6) is 0 Å². The van der Waals surface area contributed by atoms with Gasteiger partial charge in [-0.15, -0.1) is 0 Å². The lowest BCUT2D eigenvalue weighted by atomic mass is 9.49. The zero-order valence-electron chi connectivity index (χ0n) is 15.5. The van der Waals surface area contributed by atoms with E-state index in [1.165, 1.54) is 38.5 Å². The lowest BCUT2D eigenvalue weighted by molar-refractivity contribution is -0.149. The first-order chi connectivity index (χ1) is 12.1. The quantitative estimate of drug-likeness (QED) is 0.794. The molecular weight excluding hydrogens is 316 g/mol. The van der Waals surface area contributed by atoms with Gasteiger partial charge in [0, 0.05) is 19.6 Å². The van der Waals surface area contributed by atoms with Crippen molar-refractivity contribution in [1.82, 2.24) is 10.2 Å². The molecule has 5 nitrogen and oxygen atoms in total. The summed E-state index contributed by atoms with van der Waals surface area (Å²) in [6.07, 6.45) is 9.74. The number of esters is 1. The van der Waals surface area contributed by atoms with Crippen molar-refractivity contribution in [3.63, 3.8) is 0 Å². The van der Waals surface area contributed by atoms with Crippen LogP contribution in [0.15, 0.2) is 0 Å². The Kier molecular flexibility index (Phi) is 4.67. The highest BCUT2D eigenvalue weighted by molar-refractivity contribution is 5.76. The molecular formula is C20H32N2O3. The normalized spacial score (nSPS) is 37.2. The molecule has 0 aromatic carbocycles. The molecule has 0 radical (unpaired) electrons. The number of nitrogens with one attached hydrogen (secondary N) is 1. The summed E-state index contributed by atoms with van der Waals surface area (Å²) < 4.78 is 5.10. The number of rotatable bonds is 4. The predicted molar refractivity (Wildman–Crippen MR) is 94.9 cm³/mol. The van der Waals surface area contributed by atoms with Crippen LogP contribution in [0.25, 0.3) is 0 Å². The summed E-state index contributed by atoms with van der Waals surface area (Å²) in [6, 6.07) is 0.0676. The summed E-state index contributed by atoms with van der Waals surface area (Å²) in [6.45, 7) is 4.45. The fourth-order valence-electron chi connectivity index (χ4n) is 6.46. The molecule has 0 unspecified atom stereocenters. The van der Waals surface area contributed by atoms with Crippen LogP contribution in [0, 0.1) is 29.1 Å². The van der Waals surface area contributed by atoms with Crippen molar-refractivity contribution in [3.8, 4) is 0 Å². The van der Waals surface area contributed by atoms with Gasteiger partial charge in [-0.1, -0.05) is 0 Å². The molecule has 25 heavy (non-hydrogen) atoms. The average molecular weight is 348 g/mol. The van der Waals surface area contributed by atoms with Gasteiger partial charge >= 0.3 is 12.0 Å². The van der Waals surface area contributed by atoms with Gasteiger partial charge in [-0.2, -0.15) is 0 Å². The van der Waals surface area contributed by atoms with E-state index in [0.29, 0.717) is 25.1 Å². The van der Waals surface area contributed by atoms with Gasteiger partial charge in [0.25, 0.3) is 0 Å². The lowest BCUT2D eigenvalue weighted by Crippen LogP contribution is -2.53. The first-order valence-electron chi connectivity index (χ1n) is 10.3. The Hall–Kier alpha value is -1.26. The molecule has 4 aliphatic carbocycles. The van der Waals surface area contributed by atoms with Crippen molar-refractivity contribution in [1.29, 1.82) is 0 Å². The van der Waals surface area contributed by atoms with E-state index in [1.807, 2.05) is 11.8 Å². The Morgan fingerprint density at radius 1 is 1.04 bits per heavy atom. The Morgan fingerprint density at radius 3 is 2.12 bits per heavy atom. The largest absolute Gasteiger partial charge is 0.466 e. The monoisotopic (exact) mass is 348 g/mol. The second-order valence-electron chi connectivity index (χ2n) is 9.09. The summed E-state index contributed by atoms with van der Waals surface area (Å²) in [4.78, 5) is 26.3. The predicted octanol–water partition coefficient (Wildman–Crippen LogP) is 3.19. The molecule has 0 spiro atoms. The summed E-state index contributed by atoms with van der Waals surface area (Å²) in [5, 5.41) is 3.25. The van der Waals surface area contributed by atoms with Crippen LogP contribution >= 0.6 is 0 Å². The highest BCUT2D eigenvalue weighted by Crippen LogP contribution is 2.59. The van der Waals surface area contributed by atoms with E-state index in [-0.39, 0.29) is 17.9 Å². The maximum atomic E-state index is 12.6. The molecule has 4 bridgehead atoms. The molecule has 4 saturated carbocycles. The van der Waals surface area contributed by atoms with Gasteiger partial charge in [0.2, 0.25) is 0 Å². The number of amides is 2. The molecule has 1 heterocycles. The maximum absolute atomic E-state index is 12.6. The second kappa shape index (κ2) is 6.81. The van der Waals surface area contributed by atoms with E-state index >= 15 is 0 Å². The Morgan fingerprint density at radius 2 is 1.60 bits per heavy atom. The van der Waals surface area contributed by atoms with Gasteiger partial charge in [-0.25, -0.2) is 4.79 Å². The van der Waals surface area contributed by atoms with E-state index < -0.39 is 0 Å². The van der Waals surface area contributed by atoms with Crippen LogP contribution < -0.4 is 5.32 Å². The van der Waals surface area contributed by atoms with E-state index in [4.69, 9.17) is 4.74 Å². The molecule has 0 aromatic heterocycles. The molecule has 5 heteroatoms. The molecule has 140 valence electrons. The maximum Gasteiger partial charge on any atom is 0.317 e. The number of ether oxygens (including phenoxy) is 1. The van der Waals surface area contributed by atoms with Gasteiger partial charge in [0.05, 0.1) is 12.5 Å². The number of urea groups is 1. The van der Waals surface area contributed by atoms with Crippen LogP contribution in [-0.4, -0.2) is 43.1 Å². The van der Waals surface area contributed by atoms with E-state index in [1.54, 1.807) is 0 Å². The second-order valence-corrected chi connectivity index (χ2v) is 9.09. The number of carbonyl (C=O) groups excluding carboxylic acids is 2. The third-order valence-electron chi connectivity index (χ3n) is 7.18. The molecule has 0 atom stereocenters. The van der Waals surface area contributed by atoms with Gasteiger partial charge < -0.3 is 15.0 Å². The summed E-state index contributed by atoms with van der Waals surface area (Å²) in [5.74, 6) is 2.62. The molecule has 5 aliphatic rings. The number of carbonyl (C=O) groups is 2. The van der Waals surface area contributed by atoms with Crippen LogP contribution in [0.3, 0.4) is 0 Å². The third kappa shape index (κ3) is 3.52. The number of likely N-dealkylation sites (tertiary alicyclic amines) is 1. The van der Waals surface area contributed by atoms with E-state index in [9.17, 15) is 9.59 Å². The SMILES string of the molecule is CCOC(=O)C1CCN(C(=O)NCC23CC4CC(CC(C4)C2)C3)CC1. The number of piperidine rings is 1. The lowest BCUT2D eigenvalue weighted by Gasteiger charge is -2.57. The van der Waals surface area contributed by atoms with E-state index in [0.717, 1.165) is 37.1 Å². The van der Waals surface area contributed by atoms with Gasteiger partial charge in [0.1, 0.15) is 0 Å². The number of nitrogens with zero attached hydrogens (tertiary/aromatic N) is 1. The van der Waals surface area contributed by atoms with E-state index in [2.05, 4.69) is 5.32 Å². The van der Waals surface area contributed by atoms with Crippen LogP contribution in [0.1, 0.15) is 58.3 Å². The van der Waals surface area contributed by atoms with Crippen LogP contribution in [-0.2, 0) is 9.53 Å². The summed E-state index contributed by atoms with van der Waals surface area (Å²) >= 11 is 0. The zero-order chi connectivity index (χ0) is 17.4. The van der Waals surface area contributed by atoms with Gasteiger partial charge in [-0.3, -0.25) is 4.79 Å². The fraction of sp³-hybridized carbons (Fsp3) is 0.900. The third-order valence-corrected chi connectivity index (χ3v) is 7.18. The zero-order valence-corrected chi connectivity index (χ0v) is 15.5. The molecule has 5 fully saturated rings. The highest BCUT2D eigenvalue weighted by atomic mass is 16.5. The summed E-state index contributed by atoms with van der Waals surface area (Å²) in [5.41, 5.74) is 0.383. The first kappa shape index (κ1) is 17.2. The minimum absolute atomic E-state index is 0.0350.